The summed E-state index contributed by atoms with van der Waals surface area (Å²) in [7, 11) is 0. The number of nitrogens with zero attached hydrogens (tertiary/aromatic N) is 3. The zero-order valence-electron chi connectivity index (χ0n) is 12.9. The van der Waals surface area contributed by atoms with Crippen LogP contribution in [0, 0.1) is 0 Å². The van der Waals surface area contributed by atoms with Crippen LogP contribution in [-0.4, -0.2) is 42.2 Å². The molecule has 0 unspecified atom stereocenters. The van der Waals surface area contributed by atoms with Crippen LogP contribution in [0.4, 0.5) is 10.8 Å². The lowest BCUT2D eigenvalue weighted by molar-refractivity contribution is 0.102. The predicted molar refractivity (Wildman–Crippen MR) is 94.8 cm³/mol. The third kappa shape index (κ3) is 3.08. The molecule has 0 spiro atoms. The van der Waals surface area contributed by atoms with Crippen molar-refractivity contribution in [2.75, 3.05) is 36.5 Å². The number of benzene rings is 1. The molecule has 24 heavy (non-hydrogen) atoms. The minimum absolute atomic E-state index is 0.144. The number of hydrogen-bond acceptors (Lipinski definition) is 6. The number of aromatic nitrogens is 2. The first kappa shape index (κ1) is 15.0. The summed E-state index contributed by atoms with van der Waals surface area (Å²) in [5, 5.41) is 3.92. The number of fused-ring (bicyclic) bond motifs is 1. The number of carbonyl (C=O) groups is 1. The third-order valence-corrected chi connectivity index (χ3v) is 4.94. The molecule has 1 aliphatic heterocycles. The second kappa shape index (κ2) is 6.54. The Morgan fingerprint density at radius 3 is 2.75 bits per heavy atom. The van der Waals surface area contributed by atoms with E-state index >= 15 is 0 Å². The first-order valence-corrected chi connectivity index (χ1v) is 8.56. The van der Waals surface area contributed by atoms with Gasteiger partial charge in [-0.1, -0.05) is 11.3 Å². The fraction of sp³-hybridized carbons (Fsp3) is 0.235. The average molecular weight is 340 g/mol. The van der Waals surface area contributed by atoms with E-state index < -0.39 is 0 Å². The van der Waals surface area contributed by atoms with Crippen molar-refractivity contribution in [3.63, 3.8) is 0 Å². The Morgan fingerprint density at radius 2 is 1.96 bits per heavy atom. The molecule has 0 bridgehead atoms. The molecule has 122 valence electrons. The number of nitrogens with one attached hydrogen (secondary N) is 1. The normalized spacial score (nSPS) is 14.8. The van der Waals surface area contributed by atoms with Crippen LogP contribution in [0.15, 0.2) is 42.7 Å². The minimum Gasteiger partial charge on any atom is -0.378 e. The van der Waals surface area contributed by atoms with Crippen LogP contribution >= 0.6 is 11.3 Å². The van der Waals surface area contributed by atoms with E-state index in [-0.39, 0.29) is 5.91 Å². The summed E-state index contributed by atoms with van der Waals surface area (Å²) in [5.41, 5.74) is 2.30. The number of carbonyl (C=O) groups excluding carboxylic acids is 1. The van der Waals surface area contributed by atoms with Crippen molar-refractivity contribution in [1.29, 1.82) is 0 Å². The number of pyridine rings is 1. The largest absolute Gasteiger partial charge is 0.378 e. The van der Waals surface area contributed by atoms with Crippen molar-refractivity contribution >= 4 is 38.3 Å². The van der Waals surface area contributed by atoms with Crippen LogP contribution in [0.25, 0.3) is 10.2 Å². The second-order valence-corrected chi connectivity index (χ2v) is 6.48. The SMILES string of the molecule is O=C(Nc1ccc2nc(N3CCOCC3)sc2c1)c1ccncc1. The highest BCUT2D eigenvalue weighted by molar-refractivity contribution is 7.22. The van der Waals surface area contributed by atoms with Gasteiger partial charge in [-0.25, -0.2) is 4.98 Å². The molecular weight excluding hydrogens is 324 g/mol. The number of ether oxygens (including phenoxy) is 1. The van der Waals surface area contributed by atoms with Gasteiger partial charge in [0.2, 0.25) is 0 Å². The molecule has 0 atom stereocenters. The monoisotopic (exact) mass is 340 g/mol. The molecule has 6 nitrogen and oxygen atoms in total. The lowest BCUT2D eigenvalue weighted by Gasteiger charge is -2.25. The Bertz CT molecular complexity index is 859. The fourth-order valence-corrected chi connectivity index (χ4v) is 3.64. The molecule has 0 saturated carbocycles. The van der Waals surface area contributed by atoms with Crippen LogP contribution < -0.4 is 10.2 Å². The molecule has 3 aromatic rings. The topological polar surface area (TPSA) is 67.4 Å². The fourth-order valence-electron chi connectivity index (χ4n) is 2.59. The minimum atomic E-state index is -0.144. The Labute approximate surface area is 143 Å². The molecule has 1 saturated heterocycles. The molecule has 2 aromatic heterocycles. The van der Waals surface area contributed by atoms with E-state index in [9.17, 15) is 4.79 Å². The highest BCUT2D eigenvalue weighted by Crippen LogP contribution is 2.31. The zero-order chi connectivity index (χ0) is 16.4. The molecule has 1 N–H and O–H groups in total. The van der Waals surface area contributed by atoms with Gasteiger partial charge in [-0.3, -0.25) is 9.78 Å². The van der Waals surface area contributed by atoms with E-state index in [0.717, 1.165) is 47.3 Å². The van der Waals surface area contributed by atoms with E-state index in [1.807, 2.05) is 18.2 Å². The lowest BCUT2D eigenvalue weighted by Crippen LogP contribution is -2.36. The average Bonchev–Trinajstić information content (AvgIpc) is 3.06. The molecule has 3 heterocycles. The van der Waals surface area contributed by atoms with Crippen LogP contribution in [-0.2, 0) is 4.74 Å². The summed E-state index contributed by atoms with van der Waals surface area (Å²) < 4.78 is 6.44. The maximum Gasteiger partial charge on any atom is 0.255 e. The summed E-state index contributed by atoms with van der Waals surface area (Å²) in [6.45, 7) is 3.21. The Morgan fingerprint density at radius 1 is 1.17 bits per heavy atom. The summed E-state index contributed by atoms with van der Waals surface area (Å²) in [4.78, 5) is 23.1. The van der Waals surface area contributed by atoms with Crippen LogP contribution in [0.3, 0.4) is 0 Å². The highest BCUT2D eigenvalue weighted by Gasteiger charge is 2.15. The maximum absolute atomic E-state index is 12.2. The summed E-state index contributed by atoms with van der Waals surface area (Å²) in [5.74, 6) is -0.144. The van der Waals surface area contributed by atoms with Crippen molar-refractivity contribution < 1.29 is 9.53 Å². The van der Waals surface area contributed by atoms with Gasteiger partial charge in [-0.15, -0.1) is 0 Å². The van der Waals surface area contributed by atoms with Gasteiger partial charge >= 0.3 is 0 Å². The smallest absolute Gasteiger partial charge is 0.255 e. The van der Waals surface area contributed by atoms with E-state index in [0.29, 0.717) is 5.56 Å². The van der Waals surface area contributed by atoms with E-state index in [2.05, 4.69) is 20.2 Å². The van der Waals surface area contributed by atoms with Crippen LogP contribution in [0.1, 0.15) is 10.4 Å². The summed E-state index contributed by atoms with van der Waals surface area (Å²) >= 11 is 1.64. The molecule has 1 aliphatic rings. The van der Waals surface area contributed by atoms with Crippen LogP contribution in [0.2, 0.25) is 0 Å². The molecule has 1 fully saturated rings. The number of anilines is 2. The summed E-state index contributed by atoms with van der Waals surface area (Å²) in [6.07, 6.45) is 3.21. The molecule has 0 aliphatic carbocycles. The quantitative estimate of drug-likeness (QED) is 0.794. The van der Waals surface area contributed by atoms with Crippen molar-refractivity contribution in [2.24, 2.45) is 0 Å². The Hall–Kier alpha value is -2.51. The number of hydrogen-bond donors (Lipinski definition) is 1. The van der Waals surface area contributed by atoms with Gasteiger partial charge in [0.1, 0.15) is 0 Å². The molecular formula is C17H16N4O2S. The zero-order valence-corrected chi connectivity index (χ0v) is 13.8. The van der Waals surface area contributed by atoms with Crippen LogP contribution in [0.5, 0.6) is 0 Å². The molecule has 4 rings (SSSR count). The van der Waals surface area contributed by atoms with Crippen molar-refractivity contribution in [3.8, 4) is 0 Å². The number of morpholine rings is 1. The Kier molecular flexibility index (Phi) is 4.10. The van der Waals surface area contributed by atoms with E-state index in [1.165, 1.54) is 0 Å². The molecule has 1 amide bonds. The van der Waals surface area contributed by atoms with Gasteiger partial charge < -0.3 is 15.0 Å². The number of thiazole rings is 1. The van der Waals surface area contributed by atoms with Crippen molar-refractivity contribution in [1.82, 2.24) is 9.97 Å². The first-order valence-electron chi connectivity index (χ1n) is 7.74. The van der Waals surface area contributed by atoms with Gasteiger partial charge in [-0.05, 0) is 30.3 Å². The molecule has 0 radical (unpaired) electrons. The number of rotatable bonds is 3. The van der Waals surface area contributed by atoms with Crippen molar-refractivity contribution in [3.05, 3.63) is 48.3 Å². The molecule has 1 aromatic carbocycles. The molecule has 7 heteroatoms. The van der Waals surface area contributed by atoms with Gasteiger partial charge in [0.05, 0.1) is 23.4 Å². The van der Waals surface area contributed by atoms with Gasteiger partial charge in [-0.2, -0.15) is 0 Å². The van der Waals surface area contributed by atoms with Gasteiger partial charge in [0.15, 0.2) is 5.13 Å². The Balaban J connectivity index is 1.55. The highest BCUT2D eigenvalue weighted by atomic mass is 32.1. The lowest BCUT2D eigenvalue weighted by atomic mass is 10.2. The third-order valence-electron chi connectivity index (χ3n) is 3.86. The van der Waals surface area contributed by atoms with Gasteiger partial charge in [0.25, 0.3) is 5.91 Å². The summed E-state index contributed by atoms with van der Waals surface area (Å²) in [6, 6.07) is 9.17. The second-order valence-electron chi connectivity index (χ2n) is 5.47. The predicted octanol–water partition coefficient (Wildman–Crippen LogP) is 2.78. The maximum atomic E-state index is 12.2. The van der Waals surface area contributed by atoms with E-state index in [1.54, 1.807) is 35.9 Å². The van der Waals surface area contributed by atoms with Crippen molar-refractivity contribution in [2.45, 2.75) is 0 Å². The van der Waals surface area contributed by atoms with Gasteiger partial charge in [0, 0.05) is 36.7 Å². The first-order chi connectivity index (χ1) is 11.8. The van der Waals surface area contributed by atoms with E-state index in [4.69, 9.17) is 4.74 Å². The standard InChI is InChI=1S/C17H16N4O2S/c22-16(12-3-5-18-6-4-12)19-13-1-2-14-15(11-13)24-17(20-14)21-7-9-23-10-8-21/h1-6,11H,7-10H2,(H,19,22). The number of amides is 1.